The van der Waals surface area contributed by atoms with Gasteiger partial charge in [-0.15, -0.1) is 0 Å². The highest BCUT2D eigenvalue weighted by atomic mass is 32.2. The lowest BCUT2D eigenvalue weighted by molar-refractivity contribution is -0.143. The van der Waals surface area contributed by atoms with E-state index < -0.39 is 12.0 Å². The number of aromatic amines is 1. The van der Waals surface area contributed by atoms with Gasteiger partial charge in [-0.1, -0.05) is 0 Å². The molecule has 1 aromatic heterocycles. The number of aryl methyl sites for hydroxylation is 2. The number of nitrogens with one attached hydrogen (secondary N) is 1. The molecule has 1 saturated heterocycles. The van der Waals surface area contributed by atoms with Gasteiger partial charge in [0.15, 0.2) is 0 Å². The number of carbonyl (C=O) groups is 1. The molecule has 1 fully saturated rings. The maximum atomic E-state index is 11.5. The second-order valence-corrected chi connectivity index (χ2v) is 5.46. The van der Waals surface area contributed by atoms with Crippen LogP contribution in [-0.2, 0) is 4.79 Å². The van der Waals surface area contributed by atoms with Crippen molar-refractivity contribution in [3.8, 4) is 0 Å². The first-order valence-electron chi connectivity index (χ1n) is 5.67. The van der Waals surface area contributed by atoms with Crippen molar-refractivity contribution in [2.24, 2.45) is 0 Å². The summed E-state index contributed by atoms with van der Waals surface area (Å²) >= 11 is 1.88. The minimum absolute atomic E-state index is 0.561. The molecule has 0 unspecified atom stereocenters. The van der Waals surface area contributed by atoms with E-state index in [4.69, 9.17) is 0 Å². The highest BCUT2D eigenvalue weighted by Gasteiger charge is 2.32. The monoisotopic (exact) mass is 255 g/mol. The summed E-state index contributed by atoms with van der Waals surface area (Å²) in [5.74, 6) is 1.21. The van der Waals surface area contributed by atoms with Gasteiger partial charge in [0.1, 0.15) is 6.04 Å². The number of thioether (sulfide) groups is 1. The molecule has 0 aromatic carbocycles. The summed E-state index contributed by atoms with van der Waals surface area (Å²) in [6, 6.07) is -0.561. The molecule has 0 bridgehead atoms. The van der Waals surface area contributed by atoms with Crippen LogP contribution in [0.3, 0.4) is 0 Å². The van der Waals surface area contributed by atoms with Crippen LogP contribution < -0.4 is 0 Å². The zero-order valence-electron chi connectivity index (χ0n) is 10.1. The predicted molar refractivity (Wildman–Crippen MR) is 67.3 cm³/mol. The Bertz CT molecular complexity index is 393. The Hall–Kier alpha value is -1.01. The van der Waals surface area contributed by atoms with E-state index in [-0.39, 0.29) is 0 Å². The molecule has 0 aliphatic carbocycles. The van der Waals surface area contributed by atoms with Crippen LogP contribution in [0.4, 0.5) is 0 Å². The lowest BCUT2D eigenvalue weighted by Crippen LogP contribution is -2.40. The summed E-state index contributed by atoms with van der Waals surface area (Å²) in [5, 5.41) is 16.4. The van der Waals surface area contributed by atoms with Crippen LogP contribution in [0.25, 0.3) is 0 Å². The Kier molecular flexibility index (Phi) is 3.73. The van der Waals surface area contributed by atoms with Crippen molar-refractivity contribution in [1.82, 2.24) is 15.1 Å². The van der Waals surface area contributed by atoms with Crippen molar-refractivity contribution in [3.05, 3.63) is 17.0 Å². The molecule has 0 saturated carbocycles. The van der Waals surface area contributed by atoms with Gasteiger partial charge in [-0.25, -0.2) is 0 Å². The van der Waals surface area contributed by atoms with Gasteiger partial charge in [0.2, 0.25) is 0 Å². The van der Waals surface area contributed by atoms with E-state index in [1.807, 2.05) is 30.5 Å². The minimum Gasteiger partial charge on any atom is -0.480 e. The van der Waals surface area contributed by atoms with Crippen molar-refractivity contribution in [3.63, 3.8) is 0 Å². The third-order valence-electron chi connectivity index (χ3n) is 3.10. The highest BCUT2D eigenvalue weighted by Crippen LogP contribution is 2.28. The zero-order valence-corrected chi connectivity index (χ0v) is 10.9. The summed E-state index contributed by atoms with van der Waals surface area (Å²) in [6.45, 7) is 5.38. The SMILES string of the molecule is Cc1n[nH]c(C)c1[C@@H](C(=O)O)N1CCSCC1. The second-order valence-electron chi connectivity index (χ2n) is 4.24. The Balaban J connectivity index is 2.31. The summed E-state index contributed by atoms with van der Waals surface area (Å²) in [5.41, 5.74) is 2.46. The van der Waals surface area contributed by atoms with Crippen LogP contribution in [0.2, 0.25) is 0 Å². The first-order valence-corrected chi connectivity index (χ1v) is 6.83. The van der Waals surface area contributed by atoms with Crippen LogP contribution in [0.1, 0.15) is 23.0 Å². The number of hydrogen-bond acceptors (Lipinski definition) is 4. The van der Waals surface area contributed by atoms with Crippen LogP contribution in [0.5, 0.6) is 0 Å². The fraction of sp³-hybridized carbons (Fsp3) is 0.636. The van der Waals surface area contributed by atoms with Crippen LogP contribution in [0, 0.1) is 13.8 Å². The minimum atomic E-state index is -0.787. The summed E-state index contributed by atoms with van der Waals surface area (Å²) in [4.78, 5) is 13.5. The second kappa shape index (κ2) is 5.10. The van der Waals surface area contributed by atoms with Gasteiger partial charge in [0, 0.05) is 35.9 Å². The third-order valence-corrected chi connectivity index (χ3v) is 4.05. The molecule has 2 rings (SSSR count). The molecule has 1 aromatic rings. The zero-order chi connectivity index (χ0) is 12.4. The van der Waals surface area contributed by atoms with Gasteiger partial charge in [-0.2, -0.15) is 16.9 Å². The molecular formula is C11H17N3O2S. The Morgan fingerprint density at radius 3 is 2.59 bits per heavy atom. The molecular weight excluding hydrogens is 238 g/mol. The maximum absolute atomic E-state index is 11.5. The van der Waals surface area contributed by atoms with E-state index in [0.29, 0.717) is 0 Å². The molecule has 0 radical (unpaired) electrons. The van der Waals surface area contributed by atoms with Crippen molar-refractivity contribution >= 4 is 17.7 Å². The van der Waals surface area contributed by atoms with Crippen molar-refractivity contribution in [2.45, 2.75) is 19.9 Å². The molecule has 0 amide bonds. The van der Waals surface area contributed by atoms with Gasteiger partial charge in [0.05, 0.1) is 5.69 Å². The number of aliphatic carboxylic acids is 1. The molecule has 94 valence electrons. The molecule has 6 heteroatoms. The normalized spacial score (nSPS) is 19.2. The van der Waals surface area contributed by atoms with Crippen molar-refractivity contribution in [1.29, 1.82) is 0 Å². The van der Waals surface area contributed by atoms with Gasteiger partial charge in [-0.3, -0.25) is 14.8 Å². The van der Waals surface area contributed by atoms with Gasteiger partial charge >= 0.3 is 5.97 Å². The van der Waals surface area contributed by atoms with Gasteiger partial charge in [0.25, 0.3) is 0 Å². The molecule has 17 heavy (non-hydrogen) atoms. The fourth-order valence-electron chi connectivity index (χ4n) is 2.26. The van der Waals surface area contributed by atoms with E-state index in [0.717, 1.165) is 41.5 Å². The van der Waals surface area contributed by atoms with Crippen LogP contribution >= 0.6 is 11.8 Å². The van der Waals surface area contributed by atoms with E-state index in [9.17, 15) is 9.90 Å². The average molecular weight is 255 g/mol. The third kappa shape index (κ3) is 2.47. The molecule has 2 N–H and O–H groups in total. The first kappa shape index (κ1) is 12.4. The first-order chi connectivity index (χ1) is 8.11. The number of carboxylic acid groups (broad SMARTS) is 1. The van der Waals surface area contributed by atoms with Gasteiger partial charge < -0.3 is 5.11 Å². The number of carboxylic acids is 1. The summed E-state index contributed by atoms with van der Waals surface area (Å²) in [6.07, 6.45) is 0. The van der Waals surface area contributed by atoms with Crippen LogP contribution in [0.15, 0.2) is 0 Å². The quantitative estimate of drug-likeness (QED) is 0.849. The van der Waals surface area contributed by atoms with E-state index in [2.05, 4.69) is 10.2 Å². The maximum Gasteiger partial charge on any atom is 0.325 e. The predicted octanol–water partition coefficient (Wildman–Crippen LogP) is 1.20. The lowest BCUT2D eigenvalue weighted by Gasteiger charge is -2.31. The fourth-order valence-corrected chi connectivity index (χ4v) is 3.19. The Labute approximate surface area is 105 Å². The van der Waals surface area contributed by atoms with E-state index in [1.54, 1.807) is 0 Å². The Morgan fingerprint density at radius 2 is 2.12 bits per heavy atom. The molecule has 1 aliphatic rings. The number of rotatable bonds is 3. The molecule has 5 nitrogen and oxygen atoms in total. The summed E-state index contributed by atoms with van der Waals surface area (Å²) < 4.78 is 0. The largest absolute Gasteiger partial charge is 0.480 e. The molecule has 0 spiro atoms. The number of nitrogens with zero attached hydrogens (tertiary/aromatic N) is 2. The average Bonchev–Trinajstić information content (AvgIpc) is 2.62. The number of aromatic nitrogens is 2. The number of hydrogen-bond donors (Lipinski definition) is 2. The van der Waals surface area contributed by atoms with Crippen LogP contribution in [-0.4, -0.2) is 50.8 Å². The molecule has 1 atom stereocenters. The topological polar surface area (TPSA) is 69.2 Å². The van der Waals surface area contributed by atoms with Crippen molar-refractivity contribution in [2.75, 3.05) is 24.6 Å². The van der Waals surface area contributed by atoms with E-state index >= 15 is 0 Å². The van der Waals surface area contributed by atoms with Crippen molar-refractivity contribution < 1.29 is 9.90 Å². The standard InChI is InChI=1S/C11H17N3O2S/c1-7-9(8(2)13-12-7)10(11(15)16)14-3-5-17-6-4-14/h10H,3-6H2,1-2H3,(H,12,13)(H,15,16)/t10-/m0/s1. The molecule has 1 aliphatic heterocycles. The molecule has 2 heterocycles. The van der Waals surface area contributed by atoms with Gasteiger partial charge in [-0.05, 0) is 13.8 Å². The summed E-state index contributed by atoms with van der Waals surface area (Å²) in [7, 11) is 0. The lowest BCUT2D eigenvalue weighted by atomic mass is 10.0. The van der Waals surface area contributed by atoms with E-state index in [1.165, 1.54) is 0 Å². The number of H-pyrrole nitrogens is 1. The highest BCUT2D eigenvalue weighted by molar-refractivity contribution is 7.99. The Morgan fingerprint density at radius 1 is 1.47 bits per heavy atom. The smallest absolute Gasteiger partial charge is 0.325 e.